The first-order valence-corrected chi connectivity index (χ1v) is 11.5. The number of rotatable bonds is 6. The van der Waals surface area contributed by atoms with E-state index in [-0.39, 0.29) is 18.1 Å². The first-order valence-electron chi connectivity index (χ1n) is 9.96. The number of amides is 3. The van der Waals surface area contributed by atoms with Gasteiger partial charge in [0.25, 0.3) is 5.91 Å². The number of hydrogen-bond donors (Lipinski definition) is 1. The number of aryl methyl sites for hydroxylation is 1. The Morgan fingerprint density at radius 3 is 2.25 bits per heavy atom. The van der Waals surface area contributed by atoms with Gasteiger partial charge < -0.3 is 10.1 Å². The van der Waals surface area contributed by atoms with E-state index in [0.717, 1.165) is 31.2 Å². The van der Waals surface area contributed by atoms with Crippen LogP contribution in [0, 0.1) is 6.92 Å². The number of imide groups is 1. The van der Waals surface area contributed by atoms with E-state index in [4.69, 9.17) is 4.74 Å². The van der Waals surface area contributed by atoms with Gasteiger partial charge in [-0.25, -0.2) is 4.79 Å². The van der Waals surface area contributed by atoms with Crippen LogP contribution in [-0.4, -0.2) is 16.8 Å². The molecule has 1 aliphatic heterocycles. The van der Waals surface area contributed by atoms with Gasteiger partial charge in [0.1, 0.15) is 18.1 Å². The molecule has 7 heteroatoms. The second-order valence-corrected chi connectivity index (χ2v) is 9.16. The number of ether oxygens (including phenoxy) is 1. The summed E-state index contributed by atoms with van der Waals surface area (Å²) in [6, 6.07) is 20.9. The lowest BCUT2D eigenvalue weighted by molar-refractivity contribution is -0.123. The quantitative estimate of drug-likeness (QED) is 0.291. The maximum Gasteiger partial charge on any atom is 0.329 e. The fourth-order valence-electron chi connectivity index (χ4n) is 3.29. The molecule has 5 nitrogen and oxygen atoms in total. The molecule has 0 aliphatic carbocycles. The second kappa shape index (κ2) is 9.71. The Morgan fingerprint density at radius 2 is 1.59 bits per heavy atom. The normalized spacial score (nSPS) is 14.7. The molecule has 0 unspecified atom stereocenters. The fraction of sp³-hybridized carbons (Fsp3) is 0.120. The predicted molar refractivity (Wildman–Crippen MR) is 131 cm³/mol. The van der Waals surface area contributed by atoms with E-state index in [9.17, 15) is 9.59 Å². The van der Waals surface area contributed by atoms with E-state index in [1.54, 1.807) is 6.08 Å². The molecule has 0 radical (unpaired) electrons. The highest BCUT2D eigenvalue weighted by atomic mass is 79.9. The molecule has 3 amide bonds. The van der Waals surface area contributed by atoms with Crippen molar-refractivity contribution in [2.75, 3.05) is 0 Å². The predicted octanol–water partition coefficient (Wildman–Crippen LogP) is 6.19. The number of urea groups is 1. The summed E-state index contributed by atoms with van der Waals surface area (Å²) in [4.78, 5) is 26.4. The standard InChI is InChI=1S/C25H20Br2N2O3/c1-16-7-9-17(10-8-16)14-29-24(30)22(28-25(29)31)13-19-11-20(26)23(21(27)12-19)32-15-18-5-3-2-4-6-18/h2-13H,14-15H2,1H3,(H,28,31)/b22-13+. The minimum Gasteiger partial charge on any atom is -0.487 e. The van der Waals surface area contributed by atoms with E-state index >= 15 is 0 Å². The van der Waals surface area contributed by atoms with Crippen LogP contribution in [0.3, 0.4) is 0 Å². The molecular weight excluding hydrogens is 536 g/mol. The third-order valence-corrected chi connectivity index (χ3v) is 6.16. The molecule has 0 saturated carbocycles. The SMILES string of the molecule is Cc1ccc(CN2C(=O)N/C(=C/c3cc(Br)c(OCc4ccccc4)c(Br)c3)C2=O)cc1. The van der Waals surface area contributed by atoms with Gasteiger partial charge in [-0.15, -0.1) is 0 Å². The second-order valence-electron chi connectivity index (χ2n) is 7.45. The summed E-state index contributed by atoms with van der Waals surface area (Å²) in [7, 11) is 0. The van der Waals surface area contributed by atoms with Gasteiger partial charge >= 0.3 is 6.03 Å². The minimum atomic E-state index is -0.428. The van der Waals surface area contributed by atoms with Gasteiger partial charge in [0.2, 0.25) is 0 Å². The number of carbonyl (C=O) groups is 2. The largest absolute Gasteiger partial charge is 0.487 e. The molecule has 0 aromatic heterocycles. The van der Waals surface area contributed by atoms with Crippen molar-refractivity contribution in [2.24, 2.45) is 0 Å². The number of nitrogens with one attached hydrogen (secondary N) is 1. The summed E-state index contributed by atoms with van der Waals surface area (Å²) < 4.78 is 7.43. The number of hydrogen-bond acceptors (Lipinski definition) is 3. The Labute approximate surface area is 203 Å². The van der Waals surface area contributed by atoms with E-state index in [1.807, 2.05) is 73.7 Å². The molecule has 3 aromatic rings. The van der Waals surface area contributed by atoms with Crippen LogP contribution in [0.15, 0.2) is 81.4 Å². The zero-order valence-electron chi connectivity index (χ0n) is 17.3. The third-order valence-electron chi connectivity index (χ3n) is 4.98. The van der Waals surface area contributed by atoms with E-state index in [2.05, 4.69) is 37.2 Å². The van der Waals surface area contributed by atoms with E-state index in [1.165, 1.54) is 4.90 Å². The fourth-order valence-corrected chi connectivity index (χ4v) is 4.74. The Kier molecular flexibility index (Phi) is 6.77. The summed E-state index contributed by atoms with van der Waals surface area (Å²) in [6.45, 7) is 2.65. The molecule has 1 aliphatic rings. The van der Waals surface area contributed by atoms with Crippen LogP contribution in [0.5, 0.6) is 5.75 Å². The molecule has 0 atom stereocenters. The smallest absolute Gasteiger partial charge is 0.329 e. The van der Waals surface area contributed by atoms with Gasteiger partial charge in [-0.2, -0.15) is 0 Å². The Balaban J connectivity index is 1.50. The lowest BCUT2D eigenvalue weighted by Gasteiger charge is -2.12. The lowest BCUT2D eigenvalue weighted by atomic mass is 10.1. The summed E-state index contributed by atoms with van der Waals surface area (Å²) >= 11 is 7.09. The Hall–Kier alpha value is -2.90. The summed E-state index contributed by atoms with van der Waals surface area (Å²) in [5.41, 5.74) is 4.06. The Morgan fingerprint density at radius 1 is 0.938 bits per heavy atom. The maximum atomic E-state index is 12.8. The average Bonchev–Trinajstić information content (AvgIpc) is 3.02. The number of carbonyl (C=O) groups excluding carboxylic acids is 2. The van der Waals surface area contributed by atoms with Crippen molar-refractivity contribution in [3.63, 3.8) is 0 Å². The van der Waals surface area contributed by atoms with Crippen LogP contribution < -0.4 is 10.1 Å². The molecule has 0 bridgehead atoms. The Bertz CT molecular complexity index is 1170. The molecule has 0 spiro atoms. The highest BCUT2D eigenvalue weighted by Gasteiger charge is 2.33. The summed E-state index contributed by atoms with van der Waals surface area (Å²) in [5, 5.41) is 2.67. The van der Waals surface area contributed by atoms with Crippen molar-refractivity contribution in [3.05, 3.63) is 104 Å². The van der Waals surface area contributed by atoms with Crippen molar-refractivity contribution in [2.45, 2.75) is 20.1 Å². The maximum absolute atomic E-state index is 12.8. The van der Waals surface area contributed by atoms with Crippen molar-refractivity contribution in [1.29, 1.82) is 0 Å². The zero-order chi connectivity index (χ0) is 22.7. The van der Waals surface area contributed by atoms with E-state index in [0.29, 0.717) is 12.4 Å². The molecule has 1 heterocycles. The minimum absolute atomic E-state index is 0.224. The third kappa shape index (κ3) is 5.11. The zero-order valence-corrected chi connectivity index (χ0v) is 20.4. The first-order chi connectivity index (χ1) is 15.4. The van der Waals surface area contributed by atoms with Crippen molar-refractivity contribution < 1.29 is 14.3 Å². The van der Waals surface area contributed by atoms with Crippen LogP contribution in [0.25, 0.3) is 6.08 Å². The molecule has 4 rings (SSSR count). The summed E-state index contributed by atoms with van der Waals surface area (Å²) in [5.74, 6) is 0.311. The van der Waals surface area contributed by atoms with Crippen LogP contribution >= 0.6 is 31.9 Å². The lowest BCUT2D eigenvalue weighted by Crippen LogP contribution is -2.30. The number of benzene rings is 3. The molecule has 1 saturated heterocycles. The number of nitrogens with zero attached hydrogens (tertiary/aromatic N) is 1. The molecule has 3 aromatic carbocycles. The molecule has 1 fully saturated rings. The molecule has 1 N–H and O–H groups in total. The monoisotopic (exact) mass is 554 g/mol. The van der Waals surface area contributed by atoms with Gasteiger partial charge in [0.15, 0.2) is 0 Å². The van der Waals surface area contributed by atoms with Gasteiger partial charge in [0, 0.05) is 0 Å². The van der Waals surface area contributed by atoms with Crippen LogP contribution in [0.4, 0.5) is 4.79 Å². The van der Waals surface area contributed by atoms with Gasteiger partial charge in [-0.1, -0.05) is 60.2 Å². The molecule has 162 valence electrons. The average molecular weight is 556 g/mol. The van der Waals surface area contributed by atoms with Gasteiger partial charge in [0.05, 0.1) is 15.5 Å². The summed E-state index contributed by atoms with van der Waals surface area (Å²) in [6.07, 6.45) is 1.66. The van der Waals surface area contributed by atoms with Crippen LogP contribution in [0.1, 0.15) is 22.3 Å². The molecule has 32 heavy (non-hydrogen) atoms. The van der Waals surface area contributed by atoms with Gasteiger partial charge in [-0.05, 0) is 73.7 Å². The van der Waals surface area contributed by atoms with Crippen molar-refractivity contribution in [3.8, 4) is 5.75 Å². The highest BCUT2D eigenvalue weighted by Crippen LogP contribution is 2.36. The van der Waals surface area contributed by atoms with E-state index < -0.39 is 6.03 Å². The first kappa shape index (κ1) is 22.3. The topological polar surface area (TPSA) is 58.6 Å². The van der Waals surface area contributed by atoms with Crippen LogP contribution in [0.2, 0.25) is 0 Å². The molecular formula is C25H20Br2N2O3. The highest BCUT2D eigenvalue weighted by molar-refractivity contribution is 9.11. The van der Waals surface area contributed by atoms with Crippen molar-refractivity contribution in [1.82, 2.24) is 10.2 Å². The van der Waals surface area contributed by atoms with Crippen LogP contribution in [-0.2, 0) is 17.9 Å². The van der Waals surface area contributed by atoms with Gasteiger partial charge in [-0.3, -0.25) is 9.69 Å². The number of halogens is 2. The van der Waals surface area contributed by atoms with Crippen molar-refractivity contribution >= 4 is 49.9 Å².